The standard InChI is InChI=1S/C13H18NO10P/c14-7-4-2-1-3-6(7)12(18)23-13-10(17)11(24-25(19,20)21)9(16)8(5-15)22-13/h1-4,8-11,13,15-17H,5,14H2,(H2,19,20,21)/t8-,9-,10-,11+,13+/m1/s1. The van der Waals surface area contributed by atoms with Gasteiger partial charge in [-0.2, -0.15) is 0 Å². The fourth-order valence-electron chi connectivity index (χ4n) is 2.29. The lowest BCUT2D eigenvalue weighted by Crippen LogP contribution is -2.60. The summed E-state index contributed by atoms with van der Waals surface area (Å²) in [6, 6.07) is 5.90. The smallest absolute Gasteiger partial charge is 0.429 e. The van der Waals surface area contributed by atoms with Crippen LogP contribution in [0.25, 0.3) is 0 Å². The first-order valence-electron chi connectivity index (χ1n) is 7.06. The van der Waals surface area contributed by atoms with E-state index in [1.165, 1.54) is 18.2 Å². The van der Waals surface area contributed by atoms with Crippen molar-refractivity contribution in [1.29, 1.82) is 0 Å². The van der Waals surface area contributed by atoms with Gasteiger partial charge in [-0.1, -0.05) is 12.1 Å². The number of benzene rings is 1. The molecule has 0 aliphatic carbocycles. The van der Waals surface area contributed by atoms with Gasteiger partial charge in [-0.15, -0.1) is 0 Å². The van der Waals surface area contributed by atoms with Gasteiger partial charge in [-0.25, -0.2) is 9.36 Å². The number of carbonyl (C=O) groups is 1. The molecule has 2 rings (SSSR count). The van der Waals surface area contributed by atoms with Crippen LogP contribution in [-0.2, 0) is 18.6 Å². The van der Waals surface area contributed by atoms with Gasteiger partial charge in [-0.3, -0.25) is 4.52 Å². The molecule has 7 N–H and O–H groups in total. The number of aliphatic hydroxyl groups excluding tert-OH is 3. The first kappa shape index (κ1) is 19.8. The summed E-state index contributed by atoms with van der Waals surface area (Å²) in [4.78, 5) is 29.9. The van der Waals surface area contributed by atoms with Crippen LogP contribution in [0.4, 0.5) is 5.69 Å². The summed E-state index contributed by atoms with van der Waals surface area (Å²) >= 11 is 0. The molecule has 0 unspecified atom stereocenters. The molecule has 1 heterocycles. The summed E-state index contributed by atoms with van der Waals surface area (Å²) in [5.41, 5.74) is 5.70. The summed E-state index contributed by atoms with van der Waals surface area (Å²) in [6.45, 7) is -0.781. The molecular weight excluding hydrogens is 361 g/mol. The van der Waals surface area contributed by atoms with Gasteiger partial charge in [0.25, 0.3) is 0 Å². The molecule has 1 aromatic rings. The van der Waals surface area contributed by atoms with Gasteiger partial charge in [0, 0.05) is 5.69 Å². The molecule has 0 radical (unpaired) electrons. The summed E-state index contributed by atoms with van der Waals surface area (Å²) in [6.07, 6.45) is -8.74. The van der Waals surface area contributed by atoms with Crippen molar-refractivity contribution in [2.24, 2.45) is 0 Å². The topological polar surface area (TPSA) is 189 Å². The van der Waals surface area contributed by atoms with E-state index < -0.39 is 51.1 Å². The van der Waals surface area contributed by atoms with Crippen LogP contribution in [-0.4, -0.2) is 68.4 Å². The molecule has 1 aliphatic heterocycles. The van der Waals surface area contributed by atoms with E-state index in [1.54, 1.807) is 6.07 Å². The predicted octanol–water partition coefficient (Wildman–Crippen LogP) is -1.66. The lowest BCUT2D eigenvalue weighted by Gasteiger charge is -2.40. The number of anilines is 1. The van der Waals surface area contributed by atoms with E-state index in [-0.39, 0.29) is 11.3 Å². The predicted molar refractivity (Wildman–Crippen MR) is 80.9 cm³/mol. The van der Waals surface area contributed by atoms with Gasteiger partial charge in [0.05, 0.1) is 12.2 Å². The Morgan fingerprint density at radius 3 is 2.44 bits per heavy atom. The number of hydrogen-bond donors (Lipinski definition) is 6. The molecule has 0 aromatic heterocycles. The Labute approximate surface area is 141 Å². The fourth-order valence-corrected chi connectivity index (χ4v) is 2.85. The van der Waals surface area contributed by atoms with Crippen LogP contribution in [0.5, 0.6) is 0 Å². The average Bonchev–Trinajstić information content (AvgIpc) is 2.53. The summed E-state index contributed by atoms with van der Waals surface area (Å²) < 4.78 is 25.4. The van der Waals surface area contributed by atoms with Crippen LogP contribution >= 0.6 is 7.82 Å². The van der Waals surface area contributed by atoms with Gasteiger partial charge in [-0.05, 0) is 12.1 Å². The number of ether oxygens (including phenoxy) is 2. The number of phosphoric ester groups is 1. The molecule has 1 fully saturated rings. The Morgan fingerprint density at radius 2 is 1.88 bits per heavy atom. The number of phosphoric acid groups is 1. The Bertz CT molecular complexity index is 664. The number of carbonyl (C=O) groups excluding carboxylic acids is 1. The zero-order valence-corrected chi connectivity index (χ0v) is 13.6. The Kier molecular flexibility index (Phi) is 6.14. The zero-order chi connectivity index (χ0) is 18.8. The molecule has 0 saturated carbocycles. The molecule has 1 saturated heterocycles. The molecule has 25 heavy (non-hydrogen) atoms. The normalized spacial score (nSPS) is 30.0. The van der Waals surface area contributed by atoms with Crippen molar-refractivity contribution in [3.05, 3.63) is 29.8 Å². The second kappa shape index (κ2) is 7.77. The minimum absolute atomic E-state index is 0.0302. The fraction of sp³-hybridized carbons (Fsp3) is 0.462. The maximum atomic E-state index is 12.1. The Balaban J connectivity index is 2.20. The third kappa shape index (κ3) is 4.75. The van der Waals surface area contributed by atoms with Crippen LogP contribution < -0.4 is 5.73 Å². The highest BCUT2D eigenvalue weighted by molar-refractivity contribution is 7.46. The maximum Gasteiger partial charge on any atom is 0.470 e. The van der Waals surface area contributed by atoms with E-state index in [9.17, 15) is 24.7 Å². The largest absolute Gasteiger partial charge is 0.470 e. The van der Waals surface area contributed by atoms with Crippen molar-refractivity contribution in [1.82, 2.24) is 0 Å². The number of aliphatic hydroxyl groups is 3. The minimum Gasteiger partial charge on any atom is -0.429 e. The van der Waals surface area contributed by atoms with E-state index in [4.69, 9.17) is 25.0 Å². The zero-order valence-electron chi connectivity index (χ0n) is 12.7. The van der Waals surface area contributed by atoms with Crippen molar-refractivity contribution in [3.8, 4) is 0 Å². The van der Waals surface area contributed by atoms with Gasteiger partial charge < -0.3 is 40.3 Å². The monoisotopic (exact) mass is 379 g/mol. The molecule has 1 aliphatic rings. The molecule has 0 bridgehead atoms. The van der Waals surface area contributed by atoms with Crippen LogP contribution in [0.15, 0.2) is 24.3 Å². The first-order chi connectivity index (χ1) is 11.6. The molecule has 12 heteroatoms. The molecule has 5 atom stereocenters. The lowest BCUT2D eigenvalue weighted by molar-refractivity contribution is -0.282. The van der Waals surface area contributed by atoms with Crippen molar-refractivity contribution < 1.29 is 48.5 Å². The summed E-state index contributed by atoms with van der Waals surface area (Å²) in [5.74, 6) is -0.981. The molecule has 0 amide bonds. The van der Waals surface area contributed by atoms with E-state index in [0.717, 1.165) is 0 Å². The molecule has 1 aromatic carbocycles. The van der Waals surface area contributed by atoms with Gasteiger partial charge in [0.2, 0.25) is 6.29 Å². The van der Waals surface area contributed by atoms with E-state index >= 15 is 0 Å². The van der Waals surface area contributed by atoms with Gasteiger partial charge in [0.15, 0.2) is 0 Å². The maximum absolute atomic E-state index is 12.1. The number of para-hydroxylation sites is 1. The molecule has 140 valence electrons. The number of nitrogens with two attached hydrogens (primary N) is 1. The molecular formula is C13H18NO10P. The van der Waals surface area contributed by atoms with E-state index in [1.807, 2.05) is 0 Å². The van der Waals surface area contributed by atoms with E-state index in [2.05, 4.69) is 4.52 Å². The second-order valence-electron chi connectivity index (χ2n) is 5.26. The van der Waals surface area contributed by atoms with Crippen LogP contribution in [0.1, 0.15) is 10.4 Å². The number of hydrogen-bond acceptors (Lipinski definition) is 9. The average molecular weight is 379 g/mol. The van der Waals surface area contributed by atoms with Crippen molar-refractivity contribution in [2.75, 3.05) is 12.3 Å². The van der Waals surface area contributed by atoms with Crippen LogP contribution in [0, 0.1) is 0 Å². The number of esters is 1. The van der Waals surface area contributed by atoms with Crippen LogP contribution in [0.2, 0.25) is 0 Å². The highest BCUT2D eigenvalue weighted by Crippen LogP contribution is 2.41. The van der Waals surface area contributed by atoms with Crippen LogP contribution in [0.3, 0.4) is 0 Å². The molecule has 11 nitrogen and oxygen atoms in total. The van der Waals surface area contributed by atoms with Crippen molar-refractivity contribution in [3.63, 3.8) is 0 Å². The minimum atomic E-state index is -5.09. The van der Waals surface area contributed by atoms with Gasteiger partial charge >= 0.3 is 13.8 Å². The van der Waals surface area contributed by atoms with Crippen molar-refractivity contribution >= 4 is 19.5 Å². The summed E-state index contributed by atoms with van der Waals surface area (Å²) in [7, 11) is -5.09. The first-order valence-corrected chi connectivity index (χ1v) is 8.59. The highest BCUT2D eigenvalue weighted by atomic mass is 31.2. The Morgan fingerprint density at radius 1 is 1.24 bits per heavy atom. The second-order valence-corrected chi connectivity index (χ2v) is 6.45. The highest BCUT2D eigenvalue weighted by Gasteiger charge is 2.49. The van der Waals surface area contributed by atoms with E-state index in [0.29, 0.717) is 0 Å². The van der Waals surface area contributed by atoms with Crippen molar-refractivity contribution in [2.45, 2.75) is 30.7 Å². The third-order valence-corrected chi connectivity index (χ3v) is 4.00. The summed E-state index contributed by atoms with van der Waals surface area (Å²) in [5, 5.41) is 29.2. The Hall–Kier alpha value is -1.56. The SMILES string of the molecule is Nc1ccccc1C(=O)O[C@@H]1O[C@H](CO)[C@@H](O)[C@H](OP(=O)(O)O)[C@H]1O. The van der Waals surface area contributed by atoms with Gasteiger partial charge in [0.1, 0.15) is 24.4 Å². The molecule has 0 spiro atoms. The third-order valence-electron chi connectivity index (χ3n) is 3.48. The number of rotatable bonds is 5. The number of nitrogen functional groups attached to an aromatic ring is 1. The quantitative estimate of drug-likeness (QED) is 0.195. The lowest BCUT2D eigenvalue weighted by atomic mass is 9.99.